The Morgan fingerprint density at radius 3 is 2.59 bits per heavy atom. The average molecular weight is 392 g/mol. The smallest absolute Gasteiger partial charge is 0.326 e. The fourth-order valence-electron chi connectivity index (χ4n) is 5.35. The molecule has 0 radical (unpaired) electrons. The number of hydrogen-bond donors (Lipinski definition) is 2. The van der Waals surface area contributed by atoms with E-state index >= 15 is 0 Å². The Labute approximate surface area is 171 Å². The normalized spacial score (nSPS) is 20.7. The van der Waals surface area contributed by atoms with Gasteiger partial charge in [-0.25, -0.2) is 4.79 Å². The molecule has 2 aromatic heterocycles. The highest BCUT2D eigenvalue weighted by Gasteiger charge is 2.40. The van der Waals surface area contributed by atoms with Crippen molar-refractivity contribution in [2.45, 2.75) is 56.7 Å². The molecule has 3 heterocycles. The van der Waals surface area contributed by atoms with Crippen molar-refractivity contribution in [3.8, 4) is 0 Å². The maximum Gasteiger partial charge on any atom is 0.326 e. The van der Waals surface area contributed by atoms with Crippen LogP contribution in [0.1, 0.15) is 51.0 Å². The number of para-hydroxylation sites is 2. The second-order valence-corrected chi connectivity index (χ2v) is 8.49. The lowest BCUT2D eigenvalue weighted by Crippen LogP contribution is -2.58. The molecule has 2 N–H and O–H groups in total. The first kappa shape index (κ1) is 18.4. The van der Waals surface area contributed by atoms with Gasteiger partial charge >= 0.3 is 5.69 Å². The van der Waals surface area contributed by atoms with Crippen LogP contribution >= 0.6 is 0 Å². The highest BCUT2D eigenvalue weighted by Crippen LogP contribution is 2.38. The van der Waals surface area contributed by atoms with E-state index in [1.54, 1.807) is 0 Å². The van der Waals surface area contributed by atoms with Gasteiger partial charge in [-0.2, -0.15) is 0 Å². The number of hydrogen-bond acceptors (Lipinski definition) is 4. The zero-order valence-electron chi connectivity index (χ0n) is 16.8. The van der Waals surface area contributed by atoms with E-state index in [0.717, 1.165) is 42.7 Å². The Kier molecular flexibility index (Phi) is 4.87. The number of fused-ring (bicyclic) bond motifs is 1. The van der Waals surface area contributed by atoms with Gasteiger partial charge in [0, 0.05) is 31.5 Å². The van der Waals surface area contributed by atoms with Crippen LogP contribution in [0.2, 0.25) is 0 Å². The first-order chi connectivity index (χ1) is 14.3. The monoisotopic (exact) mass is 391 g/mol. The van der Waals surface area contributed by atoms with Gasteiger partial charge < -0.3 is 10.3 Å². The number of piperidine rings is 1. The van der Waals surface area contributed by atoms with Gasteiger partial charge in [0.2, 0.25) is 0 Å². The first-order valence-corrected chi connectivity index (χ1v) is 10.9. The molecule has 0 spiro atoms. The quantitative estimate of drug-likeness (QED) is 0.702. The van der Waals surface area contributed by atoms with E-state index in [-0.39, 0.29) is 17.4 Å². The molecule has 152 valence electrons. The summed E-state index contributed by atoms with van der Waals surface area (Å²) in [6.07, 6.45) is 11.9. The van der Waals surface area contributed by atoms with Crippen LogP contribution in [0.15, 0.2) is 53.6 Å². The molecule has 3 aromatic rings. The molecule has 6 nitrogen and oxygen atoms in total. The molecular formula is C23H29N5O. The second kappa shape index (κ2) is 7.67. The molecule has 5 rings (SSSR count). The van der Waals surface area contributed by atoms with Crippen LogP contribution in [-0.4, -0.2) is 38.2 Å². The summed E-state index contributed by atoms with van der Waals surface area (Å²) in [5.41, 5.74) is 3.09. The predicted octanol–water partition coefficient (Wildman–Crippen LogP) is 4.13. The molecule has 0 unspecified atom stereocenters. The second-order valence-electron chi connectivity index (χ2n) is 8.49. The third kappa shape index (κ3) is 3.46. The Hall–Kier alpha value is -2.60. The number of H-pyrrole nitrogens is 1. The van der Waals surface area contributed by atoms with Crippen molar-refractivity contribution < 1.29 is 0 Å². The van der Waals surface area contributed by atoms with Crippen LogP contribution in [0, 0.1) is 0 Å². The van der Waals surface area contributed by atoms with Crippen LogP contribution < -0.4 is 11.0 Å². The minimum Gasteiger partial charge on any atom is -0.366 e. The molecule has 1 aliphatic carbocycles. The van der Waals surface area contributed by atoms with E-state index in [2.05, 4.69) is 26.3 Å². The van der Waals surface area contributed by atoms with Crippen LogP contribution in [-0.2, 0) is 0 Å². The predicted molar refractivity (Wildman–Crippen MR) is 116 cm³/mol. The van der Waals surface area contributed by atoms with E-state index in [1.165, 1.54) is 32.1 Å². The van der Waals surface area contributed by atoms with E-state index in [1.807, 2.05) is 47.3 Å². The van der Waals surface area contributed by atoms with Crippen LogP contribution in [0.4, 0.5) is 5.69 Å². The number of aromatic amines is 1. The summed E-state index contributed by atoms with van der Waals surface area (Å²) in [6.45, 7) is 2.01. The third-order valence-corrected chi connectivity index (χ3v) is 6.78. The lowest BCUT2D eigenvalue weighted by atomic mass is 9.85. The van der Waals surface area contributed by atoms with Crippen molar-refractivity contribution >= 4 is 16.7 Å². The lowest BCUT2D eigenvalue weighted by Gasteiger charge is -2.50. The molecule has 29 heavy (non-hydrogen) atoms. The number of pyridine rings is 1. The number of nitrogens with one attached hydrogen (secondary N) is 2. The Morgan fingerprint density at radius 2 is 1.83 bits per heavy atom. The summed E-state index contributed by atoms with van der Waals surface area (Å²) in [4.78, 5) is 22.5. The van der Waals surface area contributed by atoms with E-state index < -0.39 is 0 Å². The van der Waals surface area contributed by atoms with E-state index in [4.69, 9.17) is 0 Å². The topological polar surface area (TPSA) is 66.0 Å². The highest BCUT2D eigenvalue weighted by molar-refractivity contribution is 5.75. The van der Waals surface area contributed by atoms with Gasteiger partial charge in [-0.1, -0.05) is 18.6 Å². The number of anilines is 1. The largest absolute Gasteiger partial charge is 0.366 e. The van der Waals surface area contributed by atoms with Gasteiger partial charge in [0.1, 0.15) is 0 Å². The van der Waals surface area contributed by atoms with E-state index in [9.17, 15) is 4.79 Å². The van der Waals surface area contributed by atoms with Gasteiger partial charge in [-0.3, -0.25) is 14.5 Å². The number of aromatic nitrogens is 3. The summed E-state index contributed by atoms with van der Waals surface area (Å²) < 4.78 is 1.98. The van der Waals surface area contributed by atoms with Gasteiger partial charge in [0.05, 0.1) is 22.4 Å². The molecule has 0 bridgehead atoms. The molecule has 6 heteroatoms. The number of imidazole rings is 1. The van der Waals surface area contributed by atoms with Crippen LogP contribution in [0.25, 0.3) is 11.0 Å². The highest BCUT2D eigenvalue weighted by atomic mass is 16.1. The maximum absolute atomic E-state index is 12.6. The molecule has 0 atom stereocenters. The maximum atomic E-state index is 12.6. The number of benzene rings is 1. The first-order valence-electron chi connectivity index (χ1n) is 10.9. The summed E-state index contributed by atoms with van der Waals surface area (Å²) in [5.74, 6) is 0. The van der Waals surface area contributed by atoms with Crippen molar-refractivity contribution in [1.29, 1.82) is 0 Å². The van der Waals surface area contributed by atoms with Gasteiger partial charge in [0.15, 0.2) is 0 Å². The number of likely N-dealkylation sites (tertiary alicyclic amines) is 1. The lowest BCUT2D eigenvalue weighted by molar-refractivity contribution is 0.0427. The number of rotatable bonds is 4. The molecule has 1 aromatic carbocycles. The Bertz CT molecular complexity index is 1010. The Morgan fingerprint density at radius 1 is 1.03 bits per heavy atom. The average Bonchev–Trinajstić information content (AvgIpc) is 3.11. The van der Waals surface area contributed by atoms with Crippen molar-refractivity contribution in [3.05, 3.63) is 59.3 Å². The van der Waals surface area contributed by atoms with Crippen LogP contribution in [0.5, 0.6) is 0 Å². The SMILES string of the molecule is O=c1[nH]c2ccccc2n1C1CCN(C2(Nc3cccnc3)CCCCC2)CC1. The van der Waals surface area contributed by atoms with Crippen molar-refractivity contribution in [3.63, 3.8) is 0 Å². The van der Waals surface area contributed by atoms with Crippen molar-refractivity contribution in [2.24, 2.45) is 0 Å². The molecule has 2 fully saturated rings. The van der Waals surface area contributed by atoms with Crippen LogP contribution in [0.3, 0.4) is 0 Å². The molecule has 2 aliphatic rings. The van der Waals surface area contributed by atoms with Gasteiger partial charge in [-0.05, 0) is 62.8 Å². The standard InChI is InChI=1S/C23H29N5O/c29-22-25-20-8-2-3-9-21(20)28(22)19-10-15-27(16-11-19)23(12-4-1-5-13-23)26-18-7-6-14-24-17-18/h2-3,6-9,14,17,19,26H,1,4-5,10-13,15-16H2,(H,25,29). The minimum atomic E-state index is 0.0113. The van der Waals surface area contributed by atoms with Crippen molar-refractivity contribution in [2.75, 3.05) is 18.4 Å². The van der Waals surface area contributed by atoms with E-state index in [0.29, 0.717) is 0 Å². The molecule has 1 aliphatic heterocycles. The number of nitrogens with zero attached hydrogens (tertiary/aromatic N) is 3. The van der Waals surface area contributed by atoms with Gasteiger partial charge in [0.25, 0.3) is 0 Å². The summed E-state index contributed by atoms with van der Waals surface area (Å²) in [5, 5.41) is 3.84. The fourth-order valence-corrected chi connectivity index (χ4v) is 5.35. The summed E-state index contributed by atoms with van der Waals surface area (Å²) in [7, 11) is 0. The molecule has 1 saturated heterocycles. The molecular weight excluding hydrogens is 362 g/mol. The summed E-state index contributed by atoms with van der Waals surface area (Å²) in [6, 6.07) is 12.4. The zero-order valence-corrected chi connectivity index (χ0v) is 16.8. The zero-order chi connectivity index (χ0) is 19.7. The Balaban J connectivity index is 1.36. The third-order valence-electron chi connectivity index (χ3n) is 6.78. The molecule has 0 amide bonds. The molecule has 1 saturated carbocycles. The minimum absolute atomic E-state index is 0.0113. The summed E-state index contributed by atoms with van der Waals surface area (Å²) >= 11 is 0. The fraction of sp³-hybridized carbons (Fsp3) is 0.478. The van der Waals surface area contributed by atoms with Gasteiger partial charge in [-0.15, -0.1) is 0 Å². The van der Waals surface area contributed by atoms with Crippen molar-refractivity contribution in [1.82, 2.24) is 19.4 Å².